The van der Waals surface area contributed by atoms with E-state index in [0.717, 1.165) is 32.7 Å². The van der Waals surface area contributed by atoms with Crippen molar-refractivity contribution in [3.63, 3.8) is 0 Å². The van der Waals surface area contributed by atoms with Gasteiger partial charge in [-0.15, -0.1) is 11.3 Å². The normalized spacial score (nSPS) is 10.8. The Morgan fingerprint density at radius 2 is 2.14 bits per heavy atom. The van der Waals surface area contributed by atoms with Crippen LogP contribution in [0.15, 0.2) is 34.1 Å². The van der Waals surface area contributed by atoms with Crippen molar-refractivity contribution in [3.8, 4) is 0 Å². The maximum Gasteiger partial charge on any atom is 0.226 e. The topological polar surface area (TPSA) is 49.8 Å². The molecule has 2 aromatic heterocycles. The number of rotatable bonds is 4. The second-order valence-electron chi connectivity index (χ2n) is 4.31. The summed E-state index contributed by atoms with van der Waals surface area (Å²) in [7, 11) is 0. The van der Waals surface area contributed by atoms with E-state index in [-0.39, 0.29) is 0 Å². The van der Waals surface area contributed by atoms with Crippen molar-refractivity contribution in [1.29, 1.82) is 0 Å². The highest BCUT2D eigenvalue weighted by molar-refractivity contribution is 9.10. The first-order valence-corrected chi connectivity index (χ1v) is 8.43. The molecule has 0 amide bonds. The number of halogens is 2. The maximum atomic E-state index is 6.23. The van der Waals surface area contributed by atoms with Gasteiger partial charge in [0, 0.05) is 11.0 Å². The molecule has 2 heterocycles. The van der Waals surface area contributed by atoms with Gasteiger partial charge in [-0.1, -0.05) is 27.5 Å². The second-order valence-corrected chi connectivity index (χ2v) is 6.53. The summed E-state index contributed by atoms with van der Waals surface area (Å²) in [6, 6.07) is 7.67. The molecule has 0 fully saturated rings. The van der Waals surface area contributed by atoms with Crippen LogP contribution in [0.2, 0.25) is 5.02 Å². The molecule has 2 N–H and O–H groups in total. The average Bonchev–Trinajstić information content (AvgIpc) is 2.92. The molecular weight excluding hydrogens is 372 g/mol. The molecule has 1 aromatic carbocycles. The number of nitrogens with zero attached hydrogens (tertiary/aromatic N) is 2. The molecule has 0 aliphatic carbocycles. The molecule has 0 aliphatic rings. The molecule has 7 heteroatoms. The van der Waals surface area contributed by atoms with Gasteiger partial charge in [0.2, 0.25) is 5.95 Å². The van der Waals surface area contributed by atoms with Gasteiger partial charge < -0.3 is 10.6 Å². The highest BCUT2D eigenvalue weighted by Crippen LogP contribution is 2.32. The number of aromatic nitrogens is 2. The Balaban J connectivity index is 2.06. The van der Waals surface area contributed by atoms with Gasteiger partial charge in [0.15, 0.2) is 0 Å². The number of nitrogens with one attached hydrogen (secondary N) is 2. The standard InChI is InChI=1S/C14H12BrClN4S/c1-2-17-14-19-12(9-5-6-21-13(9)20-14)18-11-7-8(15)3-4-10(11)16/h3-7H,2H2,1H3,(H2,17,18,19,20). The van der Waals surface area contributed by atoms with Crippen molar-refractivity contribution in [1.82, 2.24) is 9.97 Å². The van der Waals surface area contributed by atoms with Crippen LogP contribution in [0.3, 0.4) is 0 Å². The molecule has 0 spiro atoms. The Hall–Kier alpha value is -1.37. The minimum atomic E-state index is 0.612. The summed E-state index contributed by atoms with van der Waals surface area (Å²) >= 11 is 11.3. The molecule has 21 heavy (non-hydrogen) atoms. The molecular formula is C14H12BrClN4S. The molecule has 0 unspecified atom stereocenters. The zero-order valence-electron chi connectivity index (χ0n) is 11.2. The zero-order valence-corrected chi connectivity index (χ0v) is 14.3. The Bertz CT molecular complexity index is 790. The molecule has 0 bridgehead atoms. The van der Waals surface area contributed by atoms with Gasteiger partial charge in [-0.25, -0.2) is 4.98 Å². The second kappa shape index (κ2) is 6.17. The molecule has 0 atom stereocenters. The molecule has 3 rings (SSSR count). The minimum absolute atomic E-state index is 0.612. The predicted octanol–water partition coefficient (Wildman–Crippen LogP) is 5.28. The summed E-state index contributed by atoms with van der Waals surface area (Å²) in [5.74, 6) is 1.36. The fraction of sp³-hybridized carbons (Fsp3) is 0.143. The van der Waals surface area contributed by atoms with Crippen molar-refractivity contribution >= 4 is 66.5 Å². The lowest BCUT2D eigenvalue weighted by molar-refractivity contribution is 1.11. The largest absolute Gasteiger partial charge is 0.354 e. The Labute approximate surface area is 139 Å². The van der Waals surface area contributed by atoms with Crippen molar-refractivity contribution in [2.24, 2.45) is 0 Å². The number of benzene rings is 1. The van der Waals surface area contributed by atoms with Gasteiger partial charge in [0.25, 0.3) is 0 Å². The Morgan fingerprint density at radius 3 is 2.95 bits per heavy atom. The summed E-state index contributed by atoms with van der Waals surface area (Å²) in [5, 5.41) is 10.1. The van der Waals surface area contributed by atoms with Crippen LogP contribution in [-0.2, 0) is 0 Å². The monoisotopic (exact) mass is 382 g/mol. The summed E-state index contributed by atoms with van der Waals surface area (Å²) in [6.07, 6.45) is 0. The fourth-order valence-electron chi connectivity index (χ4n) is 1.91. The van der Waals surface area contributed by atoms with E-state index in [9.17, 15) is 0 Å². The molecule has 3 aromatic rings. The van der Waals surface area contributed by atoms with E-state index in [1.54, 1.807) is 11.3 Å². The number of anilines is 3. The fourth-order valence-corrected chi connectivity index (χ4v) is 3.20. The summed E-state index contributed by atoms with van der Waals surface area (Å²) in [4.78, 5) is 9.95. The van der Waals surface area contributed by atoms with Gasteiger partial charge in [0.1, 0.15) is 10.6 Å². The first-order chi connectivity index (χ1) is 10.2. The Morgan fingerprint density at radius 1 is 1.29 bits per heavy atom. The van der Waals surface area contributed by atoms with Gasteiger partial charge in [-0.3, -0.25) is 0 Å². The lowest BCUT2D eigenvalue weighted by atomic mass is 10.3. The molecule has 108 valence electrons. The third-order valence-corrected chi connectivity index (χ3v) is 4.47. The van der Waals surface area contributed by atoms with Crippen molar-refractivity contribution in [2.45, 2.75) is 6.92 Å². The van der Waals surface area contributed by atoms with E-state index in [1.165, 1.54) is 0 Å². The van der Waals surface area contributed by atoms with Crippen LogP contribution in [0, 0.1) is 0 Å². The predicted molar refractivity (Wildman–Crippen MR) is 94.0 cm³/mol. The van der Waals surface area contributed by atoms with E-state index in [0.29, 0.717) is 11.0 Å². The third-order valence-electron chi connectivity index (χ3n) is 2.84. The van der Waals surface area contributed by atoms with Crippen LogP contribution in [0.5, 0.6) is 0 Å². The van der Waals surface area contributed by atoms with Gasteiger partial charge in [-0.2, -0.15) is 4.98 Å². The van der Waals surface area contributed by atoms with Crippen molar-refractivity contribution in [2.75, 3.05) is 17.2 Å². The third kappa shape index (κ3) is 3.12. The van der Waals surface area contributed by atoms with Crippen LogP contribution in [0.1, 0.15) is 6.92 Å². The van der Waals surface area contributed by atoms with E-state index in [1.807, 2.05) is 36.6 Å². The summed E-state index contributed by atoms with van der Waals surface area (Å²) in [5.41, 5.74) is 0.805. The quantitative estimate of drug-likeness (QED) is 0.643. The number of thiophene rings is 1. The van der Waals surface area contributed by atoms with E-state index < -0.39 is 0 Å². The van der Waals surface area contributed by atoms with Crippen LogP contribution >= 0.6 is 38.9 Å². The van der Waals surface area contributed by atoms with Crippen LogP contribution in [0.25, 0.3) is 10.2 Å². The summed E-state index contributed by atoms with van der Waals surface area (Å²) < 4.78 is 0.955. The summed E-state index contributed by atoms with van der Waals surface area (Å²) in [6.45, 7) is 2.79. The van der Waals surface area contributed by atoms with Crippen LogP contribution in [-0.4, -0.2) is 16.5 Å². The lowest BCUT2D eigenvalue weighted by Crippen LogP contribution is -2.04. The van der Waals surface area contributed by atoms with Crippen LogP contribution in [0.4, 0.5) is 17.5 Å². The first kappa shape index (κ1) is 14.6. The number of fused-ring (bicyclic) bond motifs is 1. The van der Waals surface area contributed by atoms with Gasteiger partial charge in [0.05, 0.1) is 16.1 Å². The molecule has 0 saturated carbocycles. The minimum Gasteiger partial charge on any atom is -0.354 e. The zero-order chi connectivity index (χ0) is 14.8. The highest BCUT2D eigenvalue weighted by Gasteiger charge is 2.10. The van der Waals surface area contributed by atoms with Crippen molar-refractivity contribution < 1.29 is 0 Å². The smallest absolute Gasteiger partial charge is 0.226 e. The van der Waals surface area contributed by atoms with Crippen LogP contribution < -0.4 is 10.6 Å². The maximum absolute atomic E-state index is 6.23. The first-order valence-electron chi connectivity index (χ1n) is 6.38. The SMILES string of the molecule is CCNc1nc(Nc2cc(Br)ccc2Cl)c2ccsc2n1. The molecule has 0 saturated heterocycles. The van der Waals surface area contributed by atoms with Gasteiger partial charge in [-0.05, 0) is 36.6 Å². The molecule has 0 radical (unpaired) electrons. The lowest BCUT2D eigenvalue weighted by Gasteiger charge is -2.11. The number of hydrogen-bond acceptors (Lipinski definition) is 5. The van der Waals surface area contributed by atoms with E-state index in [2.05, 4.69) is 36.5 Å². The van der Waals surface area contributed by atoms with E-state index in [4.69, 9.17) is 11.6 Å². The average molecular weight is 384 g/mol. The highest BCUT2D eigenvalue weighted by atomic mass is 79.9. The van der Waals surface area contributed by atoms with E-state index >= 15 is 0 Å². The van der Waals surface area contributed by atoms with Gasteiger partial charge >= 0.3 is 0 Å². The Kier molecular flexibility index (Phi) is 4.28. The molecule has 0 aliphatic heterocycles. The molecule has 4 nitrogen and oxygen atoms in total. The number of hydrogen-bond donors (Lipinski definition) is 2. The van der Waals surface area contributed by atoms with Crippen molar-refractivity contribution in [3.05, 3.63) is 39.1 Å².